The van der Waals surface area contributed by atoms with Crippen LogP contribution in [0.25, 0.3) is 0 Å². The van der Waals surface area contributed by atoms with Crippen molar-refractivity contribution in [1.82, 2.24) is 0 Å². The Balaban J connectivity index is 2.06. The minimum Gasteiger partial charge on any atom is -0.395 e. The summed E-state index contributed by atoms with van der Waals surface area (Å²) in [4.78, 5) is 11.6. The molecule has 2 rings (SSSR count). The van der Waals surface area contributed by atoms with Crippen molar-refractivity contribution in [3.05, 3.63) is 48.5 Å². The highest BCUT2D eigenvalue weighted by atomic mass is 28.1. The molecule has 0 heterocycles. The number of hydrogen-bond donors (Lipinski definition) is 0. The quantitative estimate of drug-likeness (QED) is 0.460. The third-order valence-corrected chi connectivity index (χ3v) is 2.99. The second-order valence-electron chi connectivity index (χ2n) is 3.45. The molecular formula is C13H8O3Si2. The van der Waals surface area contributed by atoms with Gasteiger partial charge in [0.25, 0.3) is 0 Å². The third-order valence-electron chi connectivity index (χ3n) is 2.16. The Morgan fingerprint density at radius 1 is 0.778 bits per heavy atom. The molecule has 0 aliphatic carbocycles. The van der Waals surface area contributed by atoms with E-state index in [-0.39, 0.29) is 0 Å². The van der Waals surface area contributed by atoms with Gasteiger partial charge in [0, 0.05) is 0 Å². The number of carbonyl (C=O) groups excluding carboxylic acids is 1. The van der Waals surface area contributed by atoms with Crippen molar-refractivity contribution in [2.24, 2.45) is 0 Å². The van der Waals surface area contributed by atoms with Crippen molar-refractivity contribution in [1.29, 1.82) is 0 Å². The van der Waals surface area contributed by atoms with Gasteiger partial charge in [-0.1, -0.05) is 36.4 Å². The van der Waals surface area contributed by atoms with Gasteiger partial charge >= 0.3 is 6.16 Å². The van der Waals surface area contributed by atoms with Gasteiger partial charge in [0.05, 0.1) is 20.5 Å². The van der Waals surface area contributed by atoms with Gasteiger partial charge in [-0.3, -0.25) is 0 Å². The van der Waals surface area contributed by atoms with Crippen LogP contribution in [0.2, 0.25) is 0 Å². The fraction of sp³-hybridized carbons (Fsp3) is 0. The highest BCUT2D eigenvalue weighted by molar-refractivity contribution is 6.34. The Hall–Kier alpha value is -1.86. The predicted molar refractivity (Wildman–Crippen MR) is 70.3 cm³/mol. The molecule has 86 valence electrons. The second-order valence-corrected chi connectivity index (χ2v) is 4.52. The van der Waals surface area contributed by atoms with E-state index in [1.165, 1.54) is 0 Å². The summed E-state index contributed by atoms with van der Waals surface area (Å²) in [6.45, 7) is 0. The Morgan fingerprint density at radius 2 is 1.17 bits per heavy atom. The third kappa shape index (κ3) is 3.08. The van der Waals surface area contributed by atoms with Gasteiger partial charge in [-0.25, -0.2) is 4.79 Å². The molecule has 0 saturated carbocycles. The largest absolute Gasteiger partial charge is 0.519 e. The number of carbonyl (C=O) groups is 1. The average molecular weight is 268 g/mol. The van der Waals surface area contributed by atoms with Gasteiger partial charge in [-0.2, -0.15) is 0 Å². The zero-order valence-corrected chi connectivity index (χ0v) is 11.3. The molecule has 5 heteroatoms. The predicted octanol–water partition coefficient (Wildman–Crippen LogP) is 0.852. The van der Waals surface area contributed by atoms with Crippen LogP contribution < -0.4 is 19.8 Å². The lowest BCUT2D eigenvalue weighted by molar-refractivity contribution is 0.152. The van der Waals surface area contributed by atoms with Crippen LogP contribution in [0.3, 0.4) is 0 Å². The molecule has 0 amide bonds. The standard InChI is InChI=1S/C13H8O3Si2/c14-13(15-9-5-1-3-7-11(9)17)16-10-6-2-4-8-12(10)18/h1-8H. The molecule has 0 saturated heterocycles. The van der Waals surface area contributed by atoms with Crippen LogP contribution in [0, 0.1) is 0 Å². The zero-order valence-electron chi connectivity index (χ0n) is 9.34. The summed E-state index contributed by atoms with van der Waals surface area (Å²) in [6, 6.07) is 14.1. The monoisotopic (exact) mass is 268 g/mol. The minimum atomic E-state index is -0.786. The van der Waals surface area contributed by atoms with Crippen LogP contribution in [0.15, 0.2) is 48.5 Å². The maximum Gasteiger partial charge on any atom is 0.519 e. The summed E-state index contributed by atoms with van der Waals surface area (Å²) in [5.41, 5.74) is 0. The van der Waals surface area contributed by atoms with E-state index in [0.29, 0.717) is 21.9 Å². The summed E-state index contributed by atoms with van der Waals surface area (Å²) in [6.07, 6.45) is -0.786. The summed E-state index contributed by atoms with van der Waals surface area (Å²) in [5.74, 6) is 0.816. The fourth-order valence-electron chi connectivity index (χ4n) is 1.31. The molecule has 2 aromatic carbocycles. The lowest BCUT2D eigenvalue weighted by atomic mass is 10.3. The maximum atomic E-state index is 11.6. The molecule has 0 bridgehead atoms. The summed E-state index contributed by atoms with van der Waals surface area (Å²) in [7, 11) is 6.67. The van der Waals surface area contributed by atoms with E-state index in [4.69, 9.17) is 9.47 Å². The first-order valence-electron chi connectivity index (χ1n) is 5.18. The van der Waals surface area contributed by atoms with Crippen molar-refractivity contribution >= 4 is 37.0 Å². The number of hydrogen-bond acceptors (Lipinski definition) is 3. The first kappa shape index (κ1) is 12.6. The zero-order chi connectivity index (χ0) is 13.0. The Labute approximate surface area is 112 Å². The SMILES string of the molecule is O=C(Oc1ccccc1[Si])Oc1ccccc1[Si]. The summed E-state index contributed by atoms with van der Waals surface area (Å²) >= 11 is 0. The van der Waals surface area contributed by atoms with E-state index in [1.54, 1.807) is 36.4 Å². The van der Waals surface area contributed by atoms with Crippen LogP contribution in [0.1, 0.15) is 0 Å². The fourth-order valence-corrected chi connectivity index (χ4v) is 1.77. The molecule has 0 fully saturated rings. The molecule has 0 unspecified atom stereocenters. The normalized spacial score (nSPS) is 9.89. The topological polar surface area (TPSA) is 35.5 Å². The molecule has 0 N–H and O–H groups in total. The molecule has 0 aliphatic heterocycles. The van der Waals surface area contributed by atoms with Crippen LogP contribution in [0.5, 0.6) is 11.5 Å². The van der Waals surface area contributed by atoms with E-state index in [1.807, 2.05) is 12.1 Å². The van der Waals surface area contributed by atoms with Crippen molar-refractivity contribution in [3.63, 3.8) is 0 Å². The lowest BCUT2D eigenvalue weighted by Gasteiger charge is -2.08. The summed E-state index contributed by atoms with van der Waals surface area (Å²) in [5, 5.41) is 1.36. The molecule has 0 atom stereocenters. The lowest BCUT2D eigenvalue weighted by Crippen LogP contribution is -2.21. The highest BCUT2D eigenvalue weighted by Crippen LogP contribution is 2.09. The van der Waals surface area contributed by atoms with Crippen LogP contribution in [0.4, 0.5) is 4.79 Å². The molecule has 0 aliphatic rings. The number of rotatable bonds is 2. The molecule has 6 radical (unpaired) electrons. The number of ether oxygens (including phenoxy) is 2. The maximum absolute atomic E-state index is 11.6. The van der Waals surface area contributed by atoms with Gasteiger partial charge in [0.1, 0.15) is 11.5 Å². The van der Waals surface area contributed by atoms with Gasteiger partial charge < -0.3 is 9.47 Å². The first-order valence-corrected chi connectivity index (χ1v) is 6.18. The molecular weight excluding hydrogens is 260 g/mol. The Morgan fingerprint density at radius 3 is 1.56 bits per heavy atom. The van der Waals surface area contributed by atoms with E-state index >= 15 is 0 Å². The van der Waals surface area contributed by atoms with Gasteiger partial charge in [-0.05, 0) is 22.5 Å². The Kier molecular flexibility index (Phi) is 3.96. The summed E-state index contributed by atoms with van der Waals surface area (Å²) < 4.78 is 10.1. The smallest absolute Gasteiger partial charge is 0.395 e. The van der Waals surface area contributed by atoms with E-state index in [0.717, 1.165) is 0 Å². The molecule has 0 aromatic heterocycles. The van der Waals surface area contributed by atoms with Crippen LogP contribution in [-0.4, -0.2) is 26.6 Å². The van der Waals surface area contributed by atoms with Gasteiger partial charge in [0.2, 0.25) is 0 Å². The highest BCUT2D eigenvalue weighted by Gasteiger charge is 2.10. The van der Waals surface area contributed by atoms with Crippen molar-refractivity contribution < 1.29 is 14.3 Å². The van der Waals surface area contributed by atoms with E-state index in [2.05, 4.69) is 20.5 Å². The van der Waals surface area contributed by atoms with Crippen LogP contribution in [-0.2, 0) is 0 Å². The minimum absolute atomic E-state index is 0.408. The van der Waals surface area contributed by atoms with Crippen molar-refractivity contribution in [2.45, 2.75) is 0 Å². The average Bonchev–Trinajstić information content (AvgIpc) is 2.35. The van der Waals surface area contributed by atoms with Crippen molar-refractivity contribution in [3.8, 4) is 11.5 Å². The van der Waals surface area contributed by atoms with Gasteiger partial charge in [0.15, 0.2) is 0 Å². The second kappa shape index (κ2) is 5.66. The molecule has 0 spiro atoms. The molecule has 18 heavy (non-hydrogen) atoms. The van der Waals surface area contributed by atoms with Gasteiger partial charge in [-0.15, -0.1) is 0 Å². The van der Waals surface area contributed by atoms with E-state index < -0.39 is 6.16 Å². The molecule has 2 aromatic rings. The number of para-hydroxylation sites is 2. The Bertz CT molecular complexity index is 520. The van der Waals surface area contributed by atoms with Crippen molar-refractivity contribution in [2.75, 3.05) is 0 Å². The number of benzene rings is 2. The first-order chi connectivity index (χ1) is 8.66. The van der Waals surface area contributed by atoms with E-state index in [9.17, 15) is 4.79 Å². The molecule has 3 nitrogen and oxygen atoms in total. The van der Waals surface area contributed by atoms with Crippen LogP contribution >= 0.6 is 0 Å².